The first-order valence-electron chi connectivity index (χ1n) is 6.16. The van der Waals surface area contributed by atoms with Crippen LogP contribution in [0.5, 0.6) is 5.75 Å². The van der Waals surface area contributed by atoms with E-state index in [9.17, 15) is 4.79 Å². The zero-order valence-electron chi connectivity index (χ0n) is 10.7. The van der Waals surface area contributed by atoms with E-state index in [0.717, 1.165) is 24.2 Å². The van der Waals surface area contributed by atoms with Gasteiger partial charge >= 0.3 is 5.97 Å². The number of nitrogens with one attached hydrogen (secondary N) is 1. The van der Waals surface area contributed by atoms with Crippen LogP contribution in [0.2, 0.25) is 0 Å². The molecule has 0 saturated carbocycles. The fraction of sp³-hybridized carbons (Fsp3) is 0.462. The topological polar surface area (TPSA) is 84.2 Å². The van der Waals surface area contributed by atoms with E-state index >= 15 is 0 Å². The number of carbonyl (C=O) groups excluding carboxylic acids is 1. The van der Waals surface area contributed by atoms with Gasteiger partial charge in [0.15, 0.2) is 12.3 Å². The van der Waals surface area contributed by atoms with Crippen LogP contribution in [0.3, 0.4) is 0 Å². The molecule has 0 saturated heterocycles. The summed E-state index contributed by atoms with van der Waals surface area (Å²) in [7, 11) is 0. The van der Waals surface area contributed by atoms with Crippen molar-refractivity contribution in [2.45, 2.75) is 19.9 Å². The van der Waals surface area contributed by atoms with E-state index in [1.54, 1.807) is 13.0 Å². The van der Waals surface area contributed by atoms with Gasteiger partial charge in [0.05, 0.1) is 12.3 Å². The summed E-state index contributed by atoms with van der Waals surface area (Å²) in [5, 5.41) is 11.8. The third kappa shape index (κ3) is 3.01. The summed E-state index contributed by atoms with van der Waals surface area (Å²) in [5.74, 6) is 0.0776. The highest BCUT2D eigenvalue weighted by molar-refractivity contribution is 5.88. The van der Waals surface area contributed by atoms with Crippen molar-refractivity contribution < 1.29 is 14.3 Å². The number of ether oxygens (including phenoxy) is 2. The van der Waals surface area contributed by atoms with Crippen LogP contribution >= 0.6 is 0 Å². The number of carbonyl (C=O) groups is 1. The lowest BCUT2D eigenvalue weighted by Gasteiger charge is -2.20. The Morgan fingerprint density at radius 3 is 3.21 bits per heavy atom. The molecule has 1 aromatic heterocycles. The molecular weight excluding hydrogens is 246 g/mol. The molecule has 0 fully saturated rings. The van der Waals surface area contributed by atoms with E-state index in [2.05, 4.69) is 10.3 Å². The molecule has 1 N–H and O–H groups in total. The van der Waals surface area contributed by atoms with Crippen molar-refractivity contribution in [2.75, 3.05) is 19.8 Å². The molecule has 0 atom stereocenters. The summed E-state index contributed by atoms with van der Waals surface area (Å²) < 4.78 is 10.3. The Morgan fingerprint density at radius 2 is 2.47 bits per heavy atom. The maximum Gasteiger partial charge on any atom is 0.357 e. The number of hydrogen-bond acceptors (Lipinski definition) is 6. The Balaban J connectivity index is 2.36. The molecule has 0 spiro atoms. The fourth-order valence-corrected chi connectivity index (χ4v) is 1.98. The van der Waals surface area contributed by atoms with Crippen molar-refractivity contribution in [1.29, 1.82) is 5.26 Å². The zero-order valence-corrected chi connectivity index (χ0v) is 10.7. The number of esters is 1. The molecule has 0 bridgehead atoms. The third-order valence-corrected chi connectivity index (χ3v) is 2.79. The van der Waals surface area contributed by atoms with E-state index in [1.807, 2.05) is 6.07 Å². The standard InChI is InChI=1S/C13H15N3O3/c1-2-18-13(17)10-7-12(19-6-4-14)9-3-5-15-8-11(9)16-10/h7,15H,2-3,5-6,8H2,1H3. The van der Waals surface area contributed by atoms with Crippen LogP contribution in [0.1, 0.15) is 28.7 Å². The van der Waals surface area contributed by atoms with Crippen molar-refractivity contribution in [2.24, 2.45) is 0 Å². The van der Waals surface area contributed by atoms with E-state index in [1.165, 1.54) is 0 Å². The second kappa shape index (κ2) is 6.16. The Bertz CT molecular complexity index is 523. The lowest BCUT2D eigenvalue weighted by molar-refractivity contribution is 0.0518. The fourth-order valence-electron chi connectivity index (χ4n) is 1.98. The molecular formula is C13H15N3O3. The van der Waals surface area contributed by atoms with Crippen molar-refractivity contribution in [3.8, 4) is 11.8 Å². The third-order valence-electron chi connectivity index (χ3n) is 2.79. The van der Waals surface area contributed by atoms with Gasteiger partial charge < -0.3 is 14.8 Å². The van der Waals surface area contributed by atoms with Crippen LogP contribution in [0.15, 0.2) is 6.07 Å². The van der Waals surface area contributed by atoms with Gasteiger partial charge in [0.2, 0.25) is 0 Å². The minimum absolute atomic E-state index is 0.0495. The second-order valence-corrected chi connectivity index (χ2v) is 4.02. The molecule has 0 aromatic carbocycles. The molecule has 1 aliphatic heterocycles. The smallest absolute Gasteiger partial charge is 0.357 e. The molecule has 0 radical (unpaired) electrons. The van der Waals surface area contributed by atoms with Gasteiger partial charge in [-0.15, -0.1) is 0 Å². The van der Waals surface area contributed by atoms with Crippen molar-refractivity contribution in [3.63, 3.8) is 0 Å². The number of hydrogen-bond donors (Lipinski definition) is 1. The van der Waals surface area contributed by atoms with Gasteiger partial charge in [-0.25, -0.2) is 9.78 Å². The lowest BCUT2D eigenvalue weighted by atomic mass is 10.0. The van der Waals surface area contributed by atoms with E-state index in [4.69, 9.17) is 14.7 Å². The van der Waals surface area contributed by atoms with Crippen molar-refractivity contribution >= 4 is 5.97 Å². The van der Waals surface area contributed by atoms with Crippen molar-refractivity contribution in [1.82, 2.24) is 10.3 Å². The molecule has 0 unspecified atom stereocenters. The number of aromatic nitrogens is 1. The first-order valence-corrected chi connectivity index (χ1v) is 6.16. The van der Waals surface area contributed by atoms with Gasteiger partial charge in [-0.1, -0.05) is 0 Å². The summed E-state index contributed by atoms with van der Waals surface area (Å²) in [6.07, 6.45) is 0.770. The number of rotatable bonds is 4. The van der Waals surface area contributed by atoms with Gasteiger partial charge in [0.1, 0.15) is 11.8 Å². The predicted octanol–water partition coefficient (Wildman–Crippen LogP) is 0.806. The largest absolute Gasteiger partial charge is 0.478 e. The van der Waals surface area contributed by atoms with Crippen LogP contribution in [0.4, 0.5) is 0 Å². The molecule has 1 aromatic rings. The van der Waals surface area contributed by atoms with Gasteiger partial charge in [-0.2, -0.15) is 5.26 Å². The predicted molar refractivity (Wildman–Crippen MR) is 66.7 cm³/mol. The highest BCUT2D eigenvalue weighted by atomic mass is 16.5. The van der Waals surface area contributed by atoms with Crippen LogP contribution < -0.4 is 10.1 Å². The molecule has 19 heavy (non-hydrogen) atoms. The molecule has 6 nitrogen and oxygen atoms in total. The highest BCUT2D eigenvalue weighted by Crippen LogP contribution is 2.25. The molecule has 2 heterocycles. The summed E-state index contributed by atoms with van der Waals surface area (Å²) >= 11 is 0. The zero-order chi connectivity index (χ0) is 13.7. The summed E-state index contributed by atoms with van der Waals surface area (Å²) in [6.45, 7) is 3.41. The molecule has 1 aliphatic rings. The number of nitriles is 1. The van der Waals surface area contributed by atoms with Gasteiger partial charge in [0.25, 0.3) is 0 Å². The molecule has 0 amide bonds. The monoisotopic (exact) mass is 261 g/mol. The summed E-state index contributed by atoms with van der Waals surface area (Å²) in [6, 6.07) is 3.48. The van der Waals surface area contributed by atoms with E-state index in [-0.39, 0.29) is 12.3 Å². The maximum absolute atomic E-state index is 11.7. The lowest BCUT2D eigenvalue weighted by Crippen LogP contribution is -2.26. The van der Waals surface area contributed by atoms with Gasteiger partial charge in [-0.3, -0.25) is 0 Å². The van der Waals surface area contributed by atoms with Gasteiger partial charge in [-0.05, 0) is 19.9 Å². The second-order valence-electron chi connectivity index (χ2n) is 4.02. The normalized spacial score (nSPS) is 13.3. The maximum atomic E-state index is 11.7. The van der Waals surface area contributed by atoms with Crippen LogP contribution in [-0.2, 0) is 17.7 Å². The van der Waals surface area contributed by atoms with E-state index in [0.29, 0.717) is 18.9 Å². The summed E-state index contributed by atoms with van der Waals surface area (Å²) in [4.78, 5) is 16.0. The Hall–Kier alpha value is -2.13. The van der Waals surface area contributed by atoms with E-state index < -0.39 is 5.97 Å². The quantitative estimate of drug-likeness (QED) is 0.807. The summed E-state index contributed by atoms with van der Waals surface area (Å²) in [5.41, 5.74) is 1.96. The highest BCUT2D eigenvalue weighted by Gasteiger charge is 2.20. The average molecular weight is 261 g/mol. The van der Waals surface area contributed by atoms with Crippen LogP contribution in [0, 0.1) is 11.3 Å². The molecule has 100 valence electrons. The minimum atomic E-state index is -0.474. The molecule has 2 rings (SSSR count). The first-order chi connectivity index (χ1) is 9.26. The Labute approximate surface area is 111 Å². The first kappa shape index (κ1) is 13.3. The average Bonchev–Trinajstić information content (AvgIpc) is 2.44. The number of fused-ring (bicyclic) bond motifs is 1. The van der Waals surface area contributed by atoms with Crippen LogP contribution in [0.25, 0.3) is 0 Å². The minimum Gasteiger partial charge on any atom is -0.478 e. The Morgan fingerprint density at radius 1 is 1.63 bits per heavy atom. The number of nitrogens with zero attached hydrogens (tertiary/aromatic N) is 2. The van der Waals surface area contributed by atoms with Crippen LogP contribution in [-0.4, -0.2) is 30.7 Å². The molecule has 0 aliphatic carbocycles. The Kier molecular flexibility index (Phi) is 4.31. The molecule has 6 heteroatoms. The SMILES string of the molecule is CCOC(=O)c1cc(OCC#N)c2c(n1)CNCC2. The number of pyridine rings is 1. The van der Waals surface area contributed by atoms with Crippen molar-refractivity contribution in [3.05, 3.63) is 23.0 Å². The van der Waals surface area contributed by atoms with Gasteiger partial charge in [0, 0.05) is 18.2 Å².